The van der Waals surface area contributed by atoms with Gasteiger partial charge in [0.2, 0.25) is 5.75 Å². The number of esters is 1. The van der Waals surface area contributed by atoms with Gasteiger partial charge in [0.05, 0.1) is 24.2 Å². The third kappa shape index (κ3) is 10.9. The molecule has 43 heavy (non-hydrogen) atoms. The minimum absolute atomic E-state index is 0.130. The van der Waals surface area contributed by atoms with Crippen LogP contribution < -0.4 is 14.2 Å². The number of nitro benzene ring substituents is 1. The number of unbranched alkanes of at least 4 members (excludes halogenated alkanes) is 8. The Labute approximate surface area is 252 Å². The van der Waals surface area contributed by atoms with Crippen LogP contribution in [0.3, 0.4) is 0 Å². The van der Waals surface area contributed by atoms with E-state index >= 15 is 0 Å². The molecule has 0 spiro atoms. The number of rotatable bonds is 19. The lowest BCUT2D eigenvalue weighted by Gasteiger charge is -2.09. The van der Waals surface area contributed by atoms with Crippen molar-refractivity contribution >= 4 is 17.6 Å². The molecule has 0 saturated heterocycles. The number of aliphatic carboxylic acids is 1. The Morgan fingerprint density at radius 1 is 0.791 bits per heavy atom. The molecule has 0 aliphatic rings. The fraction of sp³-hybridized carbons (Fsp3) is 0.353. The molecule has 1 N–H and O–H groups in total. The van der Waals surface area contributed by atoms with Crippen LogP contribution in [0.15, 0.2) is 78.9 Å². The largest absolute Gasteiger partial charge is 0.497 e. The van der Waals surface area contributed by atoms with E-state index in [-0.39, 0.29) is 22.6 Å². The average molecular weight is 590 g/mol. The second-order valence-corrected chi connectivity index (χ2v) is 10.3. The third-order valence-electron chi connectivity index (χ3n) is 7.07. The summed E-state index contributed by atoms with van der Waals surface area (Å²) in [6.45, 7) is 4.13. The van der Waals surface area contributed by atoms with Crippen molar-refractivity contribution in [1.29, 1.82) is 0 Å². The quantitative estimate of drug-likeness (QED) is 0.0369. The lowest BCUT2D eigenvalue weighted by Crippen LogP contribution is -2.10. The molecule has 0 heterocycles. The topological polar surface area (TPSA) is 125 Å². The van der Waals surface area contributed by atoms with E-state index < -0.39 is 16.9 Å². The molecule has 0 unspecified atom stereocenters. The van der Waals surface area contributed by atoms with Gasteiger partial charge in [-0.25, -0.2) is 9.59 Å². The summed E-state index contributed by atoms with van der Waals surface area (Å²) in [5, 5.41) is 20.5. The summed E-state index contributed by atoms with van der Waals surface area (Å²) in [6.07, 6.45) is 10.2. The first-order valence-corrected chi connectivity index (χ1v) is 14.6. The van der Waals surface area contributed by atoms with Crippen molar-refractivity contribution in [2.24, 2.45) is 0 Å². The van der Waals surface area contributed by atoms with Crippen molar-refractivity contribution in [3.05, 3.63) is 94.6 Å². The van der Waals surface area contributed by atoms with Crippen LogP contribution in [0, 0.1) is 10.1 Å². The van der Waals surface area contributed by atoms with E-state index in [0.717, 1.165) is 50.5 Å². The van der Waals surface area contributed by atoms with Crippen LogP contribution in [-0.4, -0.2) is 35.7 Å². The van der Waals surface area contributed by atoms with E-state index in [9.17, 15) is 19.7 Å². The maximum absolute atomic E-state index is 12.7. The van der Waals surface area contributed by atoms with E-state index in [1.807, 2.05) is 0 Å². The minimum atomic E-state index is -0.902. The maximum Gasteiger partial charge on any atom is 0.343 e. The zero-order valence-electron chi connectivity index (χ0n) is 24.6. The van der Waals surface area contributed by atoms with Gasteiger partial charge in [0.25, 0.3) is 0 Å². The fourth-order valence-electron chi connectivity index (χ4n) is 4.53. The zero-order valence-corrected chi connectivity index (χ0v) is 24.6. The molecule has 0 radical (unpaired) electrons. The summed E-state index contributed by atoms with van der Waals surface area (Å²) in [4.78, 5) is 34.6. The first-order valence-electron chi connectivity index (χ1n) is 14.6. The summed E-state index contributed by atoms with van der Waals surface area (Å²) in [6, 6.07) is 18.1. The van der Waals surface area contributed by atoms with E-state index in [0.29, 0.717) is 30.1 Å². The van der Waals surface area contributed by atoms with Gasteiger partial charge < -0.3 is 19.3 Å². The minimum Gasteiger partial charge on any atom is -0.497 e. The standard InChI is InChI=1S/C34H39NO8/c1-25(33(36)37)12-10-8-6-4-3-5-7-9-11-23-42-30-20-15-27(16-21-30)34(38)43-32-22-17-28(24-31(32)35(39)40)26-13-18-29(41-2)19-14-26/h13-22,24H,1,3-12,23H2,2H3,(H,36,37). The molecule has 0 fully saturated rings. The van der Waals surface area contributed by atoms with Crippen molar-refractivity contribution in [3.63, 3.8) is 0 Å². The monoisotopic (exact) mass is 589 g/mol. The number of hydrogen-bond donors (Lipinski definition) is 1. The number of carbonyl (C=O) groups is 2. The molecule has 0 amide bonds. The second-order valence-electron chi connectivity index (χ2n) is 10.3. The van der Waals surface area contributed by atoms with Crippen LogP contribution in [0.5, 0.6) is 17.2 Å². The molecule has 3 rings (SSSR count). The van der Waals surface area contributed by atoms with Crippen LogP contribution >= 0.6 is 0 Å². The number of nitrogens with zero attached hydrogens (tertiary/aromatic N) is 1. The molecule has 0 aliphatic heterocycles. The third-order valence-corrected chi connectivity index (χ3v) is 7.07. The molecule has 0 aliphatic carbocycles. The molecule has 228 valence electrons. The number of benzene rings is 3. The molecule has 9 nitrogen and oxygen atoms in total. The number of nitro groups is 1. The van der Waals surface area contributed by atoms with Gasteiger partial charge >= 0.3 is 17.6 Å². The Bertz CT molecular complexity index is 1370. The first kappa shape index (κ1) is 32.8. The number of carbonyl (C=O) groups excluding carboxylic acids is 1. The Balaban J connectivity index is 1.36. The lowest BCUT2D eigenvalue weighted by molar-refractivity contribution is -0.385. The predicted octanol–water partition coefficient (Wildman–Crippen LogP) is 8.41. The Kier molecular flexibility index (Phi) is 13.2. The van der Waals surface area contributed by atoms with Crippen LogP contribution in [0.1, 0.15) is 74.6 Å². The van der Waals surface area contributed by atoms with E-state index in [2.05, 4.69) is 6.58 Å². The number of ether oxygens (including phenoxy) is 3. The summed E-state index contributed by atoms with van der Waals surface area (Å²) >= 11 is 0. The molecule has 3 aromatic carbocycles. The maximum atomic E-state index is 12.7. The van der Waals surface area contributed by atoms with E-state index in [1.54, 1.807) is 61.7 Å². The number of carboxylic acid groups (broad SMARTS) is 1. The lowest BCUT2D eigenvalue weighted by atomic mass is 10.0. The van der Waals surface area contributed by atoms with Crippen molar-refractivity contribution < 1.29 is 33.8 Å². The molecule has 0 atom stereocenters. The van der Waals surface area contributed by atoms with Gasteiger partial charge in [0, 0.05) is 11.6 Å². The van der Waals surface area contributed by atoms with Gasteiger partial charge in [-0.1, -0.05) is 69.7 Å². The van der Waals surface area contributed by atoms with Gasteiger partial charge in [-0.15, -0.1) is 0 Å². The summed E-state index contributed by atoms with van der Waals surface area (Å²) in [5.74, 6) is -0.417. The predicted molar refractivity (Wildman–Crippen MR) is 165 cm³/mol. The van der Waals surface area contributed by atoms with E-state index in [4.69, 9.17) is 19.3 Å². The molecular formula is C34H39NO8. The molecule has 3 aromatic rings. The highest BCUT2D eigenvalue weighted by Crippen LogP contribution is 2.33. The van der Waals surface area contributed by atoms with Crippen molar-refractivity contribution in [3.8, 4) is 28.4 Å². The van der Waals surface area contributed by atoms with Crippen molar-refractivity contribution in [1.82, 2.24) is 0 Å². The zero-order chi connectivity index (χ0) is 31.0. The van der Waals surface area contributed by atoms with Crippen molar-refractivity contribution in [2.45, 2.75) is 64.2 Å². The molecule has 0 bridgehead atoms. The van der Waals surface area contributed by atoms with Crippen LogP contribution in [-0.2, 0) is 4.79 Å². The highest BCUT2D eigenvalue weighted by Gasteiger charge is 2.20. The Morgan fingerprint density at radius 3 is 1.93 bits per heavy atom. The van der Waals surface area contributed by atoms with Crippen LogP contribution in [0.4, 0.5) is 5.69 Å². The van der Waals surface area contributed by atoms with Crippen LogP contribution in [0.2, 0.25) is 0 Å². The number of hydrogen-bond acceptors (Lipinski definition) is 7. The summed E-state index contributed by atoms with van der Waals surface area (Å²) < 4.78 is 16.3. The highest BCUT2D eigenvalue weighted by atomic mass is 16.6. The molecule has 0 aromatic heterocycles. The van der Waals surface area contributed by atoms with Gasteiger partial charge in [0.1, 0.15) is 11.5 Å². The van der Waals surface area contributed by atoms with Crippen molar-refractivity contribution in [2.75, 3.05) is 13.7 Å². The molecule has 9 heteroatoms. The number of carboxylic acids is 1. The first-order chi connectivity index (χ1) is 20.8. The van der Waals surface area contributed by atoms with Crippen LogP contribution in [0.25, 0.3) is 11.1 Å². The van der Waals surface area contributed by atoms with Gasteiger partial charge in [-0.3, -0.25) is 10.1 Å². The summed E-state index contributed by atoms with van der Waals surface area (Å²) in [5.41, 5.74) is 1.62. The smallest absolute Gasteiger partial charge is 0.343 e. The normalized spacial score (nSPS) is 10.6. The fourth-order valence-corrected chi connectivity index (χ4v) is 4.53. The SMILES string of the molecule is C=C(CCCCCCCCCCCOc1ccc(C(=O)Oc2ccc(-c3ccc(OC)cc3)cc2[N+](=O)[O-])cc1)C(=O)O. The Morgan fingerprint density at radius 2 is 1.35 bits per heavy atom. The van der Waals surface area contributed by atoms with Gasteiger partial charge in [0.15, 0.2) is 0 Å². The number of methoxy groups -OCH3 is 1. The van der Waals surface area contributed by atoms with Gasteiger partial charge in [-0.2, -0.15) is 0 Å². The average Bonchev–Trinajstić information content (AvgIpc) is 3.01. The summed E-state index contributed by atoms with van der Waals surface area (Å²) in [7, 11) is 1.56. The highest BCUT2D eigenvalue weighted by molar-refractivity contribution is 5.92. The van der Waals surface area contributed by atoms with E-state index in [1.165, 1.54) is 25.0 Å². The molecule has 0 saturated carbocycles. The Hall–Kier alpha value is -4.66. The second kappa shape index (κ2) is 17.3. The molecular weight excluding hydrogens is 550 g/mol. The van der Waals surface area contributed by atoms with Gasteiger partial charge in [-0.05, 0) is 72.9 Å².